The molecule has 1 heterocycles. The Morgan fingerprint density at radius 1 is 1.10 bits per heavy atom. The van der Waals surface area contributed by atoms with E-state index in [1.807, 2.05) is 36.5 Å². The molecule has 3 aromatic rings. The quantitative estimate of drug-likeness (QED) is 0.745. The van der Waals surface area contributed by atoms with Crippen molar-refractivity contribution >= 4 is 28.2 Å². The lowest BCUT2D eigenvalue weighted by molar-refractivity contribution is 0.628. The number of rotatable bonds is 4. The van der Waals surface area contributed by atoms with Crippen molar-refractivity contribution in [2.24, 2.45) is 0 Å². The van der Waals surface area contributed by atoms with Gasteiger partial charge in [-0.25, -0.2) is 4.39 Å². The second-order valence-corrected chi connectivity index (χ2v) is 5.09. The third kappa shape index (κ3) is 2.78. The molecule has 3 rings (SSSR count). The van der Waals surface area contributed by atoms with Gasteiger partial charge in [-0.2, -0.15) is 0 Å². The van der Waals surface area contributed by atoms with Crippen LogP contribution in [0.1, 0.15) is 0 Å². The maximum atomic E-state index is 13.1. The van der Waals surface area contributed by atoms with Crippen LogP contribution in [0.25, 0.3) is 10.9 Å². The zero-order valence-electron chi connectivity index (χ0n) is 10.8. The van der Waals surface area contributed by atoms with E-state index in [1.165, 1.54) is 12.1 Å². The summed E-state index contributed by atoms with van der Waals surface area (Å²) in [6.07, 6.45) is 2.04. The first kappa shape index (κ1) is 13.0. The van der Waals surface area contributed by atoms with Gasteiger partial charge in [-0.1, -0.05) is 17.7 Å². The molecule has 0 atom stereocenters. The molecule has 0 fully saturated rings. The molecule has 102 valence electrons. The number of fused-ring (bicyclic) bond motifs is 1. The van der Waals surface area contributed by atoms with E-state index in [0.717, 1.165) is 34.7 Å². The number of aromatic nitrogens is 1. The molecule has 0 amide bonds. The molecular weight excluding hydrogens is 275 g/mol. The maximum Gasteiger partial charge on any atom is 0.125 e. The summed E-state index contributed by atoms with van der Waals surface area (Å²) < 4.78 is 15.2. The second kappa shape index (κ2) is 5.55. The Morgan fingerprint density at radius 3 is 2.85 bits per heavy atom. The van der Waals surface area contributed by atoms with Gasteiger partial charge in [0.25, 0.3) is 0 Å². The van der Waals surface area contributed by atoms with E-state index in [9.17, 15) is 4.39 Å². The van der Waals surface area contributed by atoms with Gasteiger partial charge in [0, 0.05) is 40.9 Å². The Kier molecular flexibility index (Phi) is 3.61. The summed E-state index contributed by atoms with van der Waals surface area (Å²) in [7, 11) is 0. The van der Waals surface area contributed by atoms with Crippen molar-refractivity contribution in [3.8, 4) is 0 Å². The van der Waals surface area contributed by atoms with Crippen molar-refractivity contribution in [1.82, 2.24) is 4.57 Å². The average Bonchev–Trinajstić information content (AvgIpc) is 2.81. The highest BCUT2D eigenvalue weighted by molar-refractivity contribution is 6.31. The van der Waals surface area contributed by atoms with Crippen molar-refractivity contribution < 1.29 is 4.39 Å². The topological polar surface area (TPSA) is 17.0 Å². The molecule has 0 bridgehead atoms. The summed E-state index contributed by atoms with van der Waals surface area (Å²) >= 11 is 5.97. The molecule has 0 aliphatic rings. The van der Waals surface area contributed by atoms with Gasteiger partial charge < -0.3 is 9.88 Å². The van der Waals surface area contributed by atoms with Gasteiger partial charge in [0.1, 0.15) is 5.82 Å². The Hall–Kier alpha value is -2.00. The van der Waals surface area contributed by atoms with Crippen LogP contribution in [-0.4, -0.2) is 11.1 Å². The minimum atomic E-state index is -0.226. The lowest BCUT2D eigenvalue weighted by Crippen LogP contribution is -2.09. The number of halogens is 2. The third-order valence-electron chi connectivity index (χ3n) is 3.24. The molecule has 0 aliphatic heterocycles. The summed E-state index contributed by atoms with van der Waals surface area (Å²) in [5.74, 6) is -0.226. The fourth-order valence-corrected chi connectivity index (χ4v) is 2.47. The molecule has 4 heteroatoms. The molecular formula is C16H14ClFN2. The van der Waals surface area contributed by atoms with E-state index in [1.54, 1.807) is 6.07 Å². The molecule has 0 radical (unpaired) electrons. The van der Waals surface area contributed by atoms with E-state index in [0.29, 0.717) is 0 Å². The smallest absolute Gasteiger partial charge is 0.125 e. The van der Waals surface area contributed by atoms with E-state index in [-0.39, 0.29) is 5.82 Å². The van der Waals surface area contributed by atoms with Crippen molar-refractivity contribution in [2.45, 2.75) is 6.54 Å². The highest BCUT2D eigenvalue weighted by Gasteiger charge is 2.01. The summed E-state index contributed by atoms with van der Waals surface area (Å²) in [5, 5.41) is 5.08. The van der Waals surface area contributed by atoms with Crippen LogP contribution in [0.2, 0.25) is 5.02 Å². The van der Waals surface area contributed by atoms with Crippen LogP contribution in [0, 0.1) is 5.82 Å². The van der Waals surface area contributed by atoms with Crippen molar-refractivity contribution in [3.63, 3.8) is 0 Å². The number of hydrogen-bond donors (Lipinski definition) is 1. The highest BCUT2D eigenvalue weighted by Crippen LogP contribution is 2.20. The van der Waals surface area contributed by atoms with Gasteiger partial charge in [-0.05, 0) is 42.5 Å². The average molecular weight is 289 g/mol. The molecule has 0 aliphatic carbocycles. The number of nitrogens with zero attached hydrogens (tertiary/aromatic N) is 1. The summed E-state index contributed by atoms with van der Waals surface area (Å²) in [6.45, 7) is 1.54. The second-order valence-electron chi connectivity index (χ2n) is 4.65. The normalized spacial score (nSPS) is 10.9. The van der Waals surface area contributed by atoms with E-state index < -0.39 is 0 Å². The van der Waals surface area contributed by atoms with Crippen molar-refractivity contribution in [1.29, 1.82) is 0 Å². The zero-order valence-corrected chi connectivity index (χ0v) is 11.6. The monoisotopic (exact) mass is 288 g/mol. The highest BCUT2D eigenvalue weighted by atomic mass is 35.5. The Morgan fingerprint density at radius 2 is 2.00 bits per heavy atom. The van der Waals surface area contributed by atoms with Crippen LogP contribution in [0.5, 0.6) is 0 Å². The summed E-state index contributed by atoms with van der Waals surface area (Å²) in [5.41, 5.74) is 1.94. The first-order valence-corrected chi connectivity index (χ1v) is 6.84. The van der Waals surface area contributed by atoms with Crippen LogP contribution in [0.15, 0.2) is 54.7 Å². The lowest BCUT2D eigenvalue weighted by atomic mass is 10.2. The largest absolute Gasteiger partial charge is 0.383 e. The van der Waals surface area contributed by atoms with Gasteiger partial charge in [-0.3, -0.25) is 0 Å². The SMILES string of the molecule is Fc1cccc(NCCn2ccc3cc(Cl)ccc32)c1. The minimum absolute atomic E-state index is 0.226. The van der Waals surface area contributed by atoms with Gasteiger partial charge >= 0.3 is 0 Å². The summed E-state index contributed by atoms with van der Waals surface area (Å²) in [6, 6.07) is 14.4. The van der Waals surface area contributed by atoms with Gasteiger partial charge in [0.2, 0.25) is 0 Å². The Bertz CT molecular complexity index is 736. The maximum absolute atomic E-state index is 13.1. The standard InChI is InChI=1S/C16H14ClFN2/c17-13-4-5-16-12(10-13)6-8-20(16)9-7-19-15-3-1-2-14(18)11-15/h1-6,8,10-11,19H,7,9H2. The first-order chi connectivity index (χ1) is 9.72. The molecule has 2 aromatic carbocycles. The fourth-order valence-electron chi connectivity index (χ4n) is 2.29. The fraction of sp³-hybridized carbons (Fsp3) is 0.125. The van der Waals surface area contributed by atoms with Crippen LogP contribution >= 0.6 is 11.6 Å². The van der Waals surface area contributed by atoms with Gasteiger partial charge in [0.05, 0.1) is 0 Å². The number of nitrogens with one attached hydrogen (secondary N) is 1. The molecule has 0 spiro atoms. The number of hydrogen-bond acceptors (Lipinski definition) is 1. The van der Waals surface area contributed by atoms with Crippen LogP contribution in [0.3, 0.4) is 0 Å². The Balaban J connectivity index is 1.68. The zero-order chi connectivity index (χ0) is 13.9. The molecule has 0 saturated heterocycles. The first-order valence-electron chi connectivity index (χ1n) is 6.46. The van der Waals surface area contributed by atoms with Gasteiger partial charge in [0.15, 0.2) is 0 Å². The van der Waals surface area contributed by atoms with Crippen molar-refractivity contribution in [3.05, 3.63) is 65.6 Å². The molecule has 0 unspecified atom stereocenters. The molecule has 2 nitrogen and oxygen atoms in total. The number of benzene rings is 2. The predicted octanol–water partition coefficient (Wildman–Crippen LogP) is 4.55. The molecule has 0 saturated carbocycles. The molecule has 20 heavy (non-hydrogen) atoms. The van der Waals surface area contributed by atoms with Gasteiger partial charge in [-0.15, -0.1) is 0 Å². The number of anilines is 1. The lowest BCUT2D eigenvalue weighted by Gasteiger charge is -2.08. The van der Waals surface area contributed by atoms with E-state index in [4.69, 9.17) is 11.6 Å². The third-order valence-corrected chi connectivity index (χ3v) is 3.47. The molecule has 1 aromatic heterocycles. The predicted molar refractivity (Wildman–Crippen MR) is 81.8 cm³/mol. The molecule has 1 N–H and O–H groups in total. The minimum Gasteiger partial charge on any atom is -0.383 e. The van der Waals surface area contributed by atoms with Crippen LogP contribution in [-0.2, 0) is 6.54 Å². The van der Waals surface area contributed by atoms with E-state index >= 15 is 0 Å². The van der Waals surface area contributed by atoms with Crippen LogP contribution in [0.4, 0.5) is 10.1 Å². The van der Waals surface area contributed by atoms with Crippen LogP contribution < -0.4 is 5.32 Å². The van der Waals surface area contributed by atoms with Crippen molar-refractivity contribution in [2.75, 3.05) is 11.9 Å². The van der Waals surface area contributed by atoms with E-state index in [2.05, 4.69) is 9.88 Å². The summed E-state index contributed by atoms with van der Waals surface area (Å²) in [4.78, 5) is 0. The Labute approximate surface area is 121 Å².